The smallest absolute Gasteiger partial charge is 0.323 e. The second-order valence-electron chi connectivity index (χ2n) is 5.07. The Kier molecular flexibility index (Phi) is 5.28. The molecule has 1 aromatic rings. The lowest BCUT2D eigenvalue weighted by atomic mass is 10.1. The number of rotatable bonds is 5. The van der Waals surface area contributed by atoms with Crippen molar-refractivity contribution in [3.05, 3.63) is 22.2 Å². The third-order valence-corrected chi connectivity index (χ3v) is 4.12. The zero-order chi connectivity index (χ0) is 16.3. The fraction of sp³-hybridized carbons (Fsp3) is 0.467. The Balaban J connectivity index is 2.34. The Labute approximate surface area is 137 Å². The maximum atomic E-state index is 12.7. The molecule has 1 amide bonds. The molecular formula is C15H18BrNO5. The number of benzene rings is 1. The Hall–Kier alpha value is -1.76. The van der Waals surface area contributed by atoms with Crippen LogP contribution in [0.25, 0.3) is 0 Å². The van der Waals surface area contributed by atoms with E-state index in [-0.39, 0.29) is 18.5 Å². The Bertz CT molecular complexity index is 590. The molecule has 0 fully saturated rings. The van der Waals surface area contributed by atoms with Crippen molar-refractivity contribution in [2.75, 3.05) is 19.8 Å². The SMILES string of the molecule is CCC(C)N(CC(=O)O)C(=O)c1cc(Br)c2c(c1)OCCO2. The minimum Gasteiger partial charge on any atom is -0.486 e. The molecule has 0 radical (unpaired) electrons. The number of amides is 1. The van der Waals surface area contributed by atoms with Crippen LogP contribution in [0.15, 0.2) is 16.6 Å². The number of hydrogen-bond acceptors (Lipinski definition) is 4. The van der Waals surface area contributed by atoms with Crippen molar-refractivity contribution in [3.8, 4) is 11.5 Å². The molecule has 0 bridgehead atoms. The highest BCUT2D eigenvalue weighted by molar-refractivity contribution is 9.10. The van der Waals surface area contributed by atoms with Gasteiger partial charge in [-0.15, -0.1) is 0 Å². The maximum absolute atomic E-state index is 12.7. The van der Waals surface area contributed by atoms with Crippen LogP contribution < -0.4 is 9.47 Å². The van der Waals surface area contributed by atoms with Crippen molar-refractivity contribution in [1.82, 2.24) is 4.90 Å². The van der Waals surface area contributed by atoms with Gasteiger partial charge in [-0.05, 0) is 41.4 Å². The Morgan fingerprint density at radius 1 is 1.36 bits per heavy atom. The number of carboxylic acid groups (broad SMARTS) is 1. The molecule has 0 saturated carbocycles. The lowest BCUT2D eigenvalue weighted by Crippen LogP contribution is -2.41. The van der Waals surface area contributed by atoms with Gasteiger partial charge < -0.3 is 19.5 Å². The number of halogens is 1. The zero-order valence-corrected chi connectivity index (χ0v) is 14.1. The summed E-state index contributed by atoms with van der Waals surface area (Å²) >= 11 is 3.36. The molecule has 6 nitrogen and oxygen atoms in total. The molecule has 1 aliphatic rings. The van der Waals surface area contributed by atoms with Crippen LogP contribution in [0.3, 0.4) is 0 Å². The van der Waals surface area contributed by atoms with Gasteiger partial charge >= 0.3 is 5.97 Å². The summed E-state index contributed by atoms with van der Waals surface area (Å²) in [6.07, 6.45) is 0.671. The van der Waals surface area contributed by atoms with Gasteiger partial charge in [-0.25, -0.2) is 0 Å². The van der Waals surface area contributed by atoms with Crippen molar-refractivity contribution >= 4 is 27.8 Å². The minimum atomic E-state index is -1.04. The van der Waals surface area contributed by atoms with Gasteiger partial charge in [0.1, 0.15) is 19.8 Å². The molecule has 1 N–H and O–H groups in total. The lowest BCUT2D eigenvalue weighted by Gasteiger charge is -2.28. The quantitative estimate of drug-likeness (QED) is 0.860. The van der Waals surface area contributed by atoms with Crippen LogP contribution in [0.1, 0.15) is 30.6 Å². The fourth-order valence-corrected chi connectivity index (χ4v) is 2.75. The first kappa shape index (κ1) is 16.6. The maximum Gasteiger partial charge on any atom is 0.323 e. The standard InChI is InChI=1S/C15H18BrNO5/c1-3-9(2)17(8-13(18)19)15(20)10-6-11(16)14-12(7-10)21-4-5-22-14/h6-7,9H,3-5,8H2,1-2H3,(H,18,19). The van der Waals surface area contributed by atoms with E-state index in [9.17, 15) is 9.59 Å². The van der Waals surface area contributed by atoms with E-state index in [1.165, 1.54) is 4.90 Å². The number of nitrogens with zero attached hydrogens (tertiary/aromatic N) is 1. The summed E-state index contributed by atoms with van der Waals surface area (Å²) in [6.45, 7) is 4.28. The van der Waals surface area contributed by atoms with Crippen LogP contribution in [0.4, 0.5) is 0 Å². The van der Waals surface area contributed by atoms with E-state index in [0.717, 1.165) is 0 Å². The molecule has 0 aliphatic carbocycles. The van der Waals surface area contributed by atoms with Gasteiger partial charge in [0, 0.05) is 11.6 Å². The third kappa shape index (κ3) is 3.52. The average molecular weight is 372 g/mol. The summed E-state index contributed by atoms with van der Waals surface area (Å²) in [5, 5.41) is 9.02. The Morgan fingerprint density at radius 3 is 2.68 bits per heavy atom. The van der Waals surface area contributed by atoms with Crippen LogP contribution in [0, 0.1) is 0 Å². The van der Waals surface area contributed by atoms with Crippen LogP contribution in [-0.2, 0) is 4.79 Å². The average Bonchev–Trinajstić information content (AvgIpc) is 2.51. The molecule has 1 heterocycles. The summed E-state index contributed by atoms with van der Waals surface area (Å²) in [6, 6.07) is 3.06. The molecule has 1 aromatic carbocycles. The summed E-state index contributed by atoms with van der Waals surface area (Å²) in [4.78, 5) is 25.0. The monoisotopic (exact) mass is 371 g/mol. The minimum absolute atomic E-state index is 0.171. The van der Waals surface area contributed by atoms with E-state index >= 15 is 0 Å². The number of carbonyl (C=O) groups excluding carboxylic acids is 1. The summed E-state index contributed by atoms with van der Waals surface area (Å²) in [5.74, 6) is -0.320. The van der Waals surface area contributed by atoms with Gasteiger partial charge in [0.25, 0.3) is 5.91 Å². The fourth-order valence-electron chi connectivity index (χ4n) is 2.19. The van der Waals surface area contributed by atoms with E-state index in [2.05, 4.69) is 15.9 Å². The second kappa shape index (κ2) is 7.00. The number of carboxylic acids is 1. The molecule has 22 heavy (non-hydrogen) atoms. The first-order valence-corrected chi connectivity index (χ1v) is 7.85. The van der Waals surface area contributed by atoms with Crippen LogP contribution in [0.5, 0.6) is 11.5 Å². The molecule has 1 atom stereocenters. The Morgan fingerprint density at radius 2 is 2.05 bits per heavy atom. The highest BCUT2D eigenvalue weighted by Crippen LogP contribution is 2.38. The van der Waals surface area contributed by atoms with Crippen LogP contribution in [0.2, 0.25) is 0 Å². The topological polar surface area (TPSA) is 76.1 Å². The van der Waals surface area contributed by atoms with E-state index in [0.29, 0.717) is 41.2 Å². The number of aliphatic carboxylic acids is 1. The summed E-state index contributed by atoms with van der Waals surface area (Å²) < 4.78 is 11.6. The lowest BCUT2D eigenvalue weighted by molar-refractivity contribution is -0.138. The molecule has 1 aliphatic heterocycles. The van der Waals surface area contributed by atoms with E-state index in [1.54, 1.807) is 12.1 Å². The van der Waals surface area contributed by atoms with E-state index in [4.69, 9.17) is 14.6 Å². The zero-order valence-electron chi connectivity index (χ0n) is 12.5. The van der Waals surface area contributed by atoms with E-state index in [1.807, 2.05) is 13.8 Å². The van der Waals surface area contributed by atoms with Crippen molar-refractivity contribution in [2.45, 2.75) is 26.3 Å². The summed E-state index contributed by atoms with van der Waals surface area (Å²) in [7, 11) is 0. The van der Waals surface area contributed by atoms with Crippen molar-refractivity contribution in [1.29, 1.82) is 0 Å². The molecule has 120 valence electrons. The van der Waals surface area contributed by atoms with Gasteiger partial charge in [0.05, 0.1) is 4.47 Å². The first-order chi connectivity index (χ1) is 10.4. The first-order valence-electron chi connectivity index (χ1n) is 7.06. The third-order valence-electron chi connectivity index (χ3n) is 3.53. The molecule has 1 unspecified atom stereocenters. The molecule has 2 rings (SSSR count). The number of carbonyl (C=O) groups is 2. The highest BCUT2D eigenvalue weighted by atomic mass is 79.9. The van der Waals surface area contributed by atoms with Gasteiger partial charge in [-0.1, -0.05) is 6.92 Å². The predicted octanol–water partition coefficient (Wildman–Crippen LogP) is 2.55. The molecule has 0 aromatic heterocycles. The van der Waals surface area contributed by atoms with Gasteiger partial charge in [-0.3, -0.25) is 9.59 Å². The van der Waals surface area contributed by atoms with Crippen molar-refractivity contribution < 1.29 is 24.2 Å². The molecule has 7 heteroatoms. The second-order valence-corrected chi connectivity index (χ2v) is 5.92. The van der Waals surface area contributed by atoms with E-state index < -0.39 is 5.97 Å². The molecule has 0 spiro atoms. The molecular weight excluding hydrogens is 354 g/mol. The summed E-state index contributed by atoms with van der Waals surface area (Å²) in [5.41, 5.74) is 0.373. The van der Waals surface area contributed by atoms with Crippen molar-refractivity contribution in [2.24, 2.45) is 0 Å². The number of fused-ring (bicyclic) bond motifs is 1. The number of hydrogen-bond donors (Lipinski definition) is 1. The molecule has 0 saturated heterocycles. The van der Waals surface area contributed by atoms with Gasteiger partial charge in [-0.2, -0.15) is 0 Å². The largest absolute Gasteiger partial charge is 0.486 e. The highest BCUT2D eigenvalue weighted by Gasteiger charge is 2.26. The van der Waals surface area contributed by atoms with Gasteiger partial charge in [0.15, 0.2) is 11.5 Å². The van der Waals surface area contributed by atoms with Crippen LogP contribution in [-0.4, -0.2) is 47.7 Å². The van der Waals surface area contributed by atoms with Gasteiger partial charge in [0.2, 0.25) is 0 Å². The van der Waals surface area contributed by atoms with Crippen molar-refractivity contribution in [3.63, 3.8) is 0 Å². The van der Waals surface area contributed by atoms with Crippen LogP contribution >= 0.6 is 15.9 Å². The predicted molar refractivity (Wildman–Crippen MR) is 83.6 cm³/mol. The normalized spacial score (nSPS) is 14.3. The number of ether oxygens (including phenoxy) is 2.